The zero-order valence-electron chi connectivity index (χ0n) is 6.02. The van der Waals surface area contributed by atoms with E-state index in [2.05, 4.69) is 0 Å². The molecule has 0 fully saturated rings. The summed E-state index contributed by atoms with van der Waals surface area (Å²) in [6, 6.07) is 6.17. The molecule has 0 amide bonds. The van der Waals surface area contributed by atoms with Crippen molar-refractivity contribution in [1.29, 1.82) is 0 Å². The van der Waals surface area contributed by atoms with Gasteiger partial charge in [-0.25, -0.2) is 0 Å². The van der Waals surface area contributed by atoms with Gasteiger partial charge in [0.15, 0.2) is 0 Å². The van der Waals surface area contributed by atoms with Crippen LogP contribution in [0.4, 0.5) is 18.9 Å². The Balaban J connectivity index is 2.83. The van der Waals surface area contributed by atoms with E-state index in [9.17, 15) is 13.2 Å². The van der Waals surface area contributed by atoms with Crippen LogP contribution in [0.5, 0.6) is 0 Å². The summed E-state index contributed by atoms with van der Waals surface area (Å²) in [7, 11) is 0. The molecule has 0 saturated carbocycles. The third-order valence-electron chi connectivity index (χ3n) is 1.24. The topological polar surface area (TPSA) is 26.0 Å². The number of hydrogen-bond acceptors (Lipinski definition) is 1. The molecule has 0 saturated heterocycles. The molecule has 5 heteroatoms. The van der Waals surface area contributed by atoms with E-state index in [4.69, 9.17) is 5.73 Å². The van der Waals surface area contributed by atoms with Crippen molar-refractivity contribution in [3.63, 3.8) is 0 Å². The predicted octanol–water partition coefficient (Wildman–Crippen LogP) is 1.12. The van der Waals surface area contributed by atoms with Crippen molar-refractivity contribution in [2.75, 3.05) is 5.73 Å². The fraction of sp³-hybridized carbons (Fsp3) is 0.143. The Morgan fingerprint density at radius 3 is 2.25 bits per heavy atom. The van der Waals surface area contributed by atoms with Crippen molar-refractivity contribution in [3.05, 3.63) is 24.3 Å². The van der Waals surface area contributed by atoms with Gasteiger partial charge in [0.1, 0.15) is 0 Å². The van der Waals surface area contributed by atoms with Crippen LogP contribution in [-0.2, 0) is 0 Å². The molecule has 0 aromatic heterocycles. The summed E-state index contributed by atoms with van der Waals surface area (Å²) in [6.45, 7) is 0. The van der Waals surface area contributed by atoms with Gasteiger partial charge in [-0.15, -0.1) is 0 Å². The Labute approximate surface area is 78.0 Å². The maximum absolute atomic E-state index is 11.9. The molecular weight excluding hydrogens is 274 g/mol. The van der Waals surface area contributed by atoms with E-state index in [1.165, 1.54) is 12.1 Å². The van der Waals surface area contributed by atoms with Crippen molar-refractivity contribution < 1.29 is 13.2 Å². The Kier molecular flexibility index (Phi) is 2.87. The average Bonchev–Trinajstić information content (AvgIpc) is 1.91. The first kappa shape index (κ1) is 9.69. The van der Waals surface area contributed by atoms with Crippen LogP contribution >= 0.6 is 0 Å². The molecule has 0 aliphatic carbocycles. The molecule has 1 aromatic carbocycles. The average molecular weight is 280 g/mol. The molecule has 0 heterocycles. The van der Waals surface area contributed by atoms with Gasteiger partial charge in [-0.3, -0.25) is 0 Å². The van der Waals surface area contributed by atoms with E-state index in [1.807, 2.05) is 0 Å². The van der Waals surface area contributed by atoms with E-state index in [0.717, 1.165) is 0 Å². The minimum absolute atomic E-state index is 0.265. The minimum atomic E-state index is -4.02. The van der Waals surface area contributed by atoms with Gasteiger partial charge in [0.25, 0.3) is 0 Å². The summed E-state index contributed by atoms with van der Waals surface area (Å²) in [6.07, 6.45) is 0. The fourth-order valence-electron chi connectivity index (χ4n) is 0.764. The molecule has 0 aliphatic heterocycles. The number of nitrogen functional groups attached to an aromatic ring is 1. The molecule has 1 nitrogen and oxygen atoms in total. The molecule has 0 atom stereocenters. The molecule has 64 valence electrons. The van der Waals surface area contributed by atoms with E-state index in [-0.39, 0.29) is 5.69 Å². The van der Waals surface area contributed by atoms with Crippen molar-refractivity contribution >= 4 is 30.4 Å². The molecule has 0 spiro atoms. The Morgan fingerprint density at radius 1 is 1.17 bits per heavy atom. The van der Waals surface area contributed by atoms with Gasteiger partial charge in [-0.1, -0.05) is 0 Å². The molecule has 0 aliphatic rings. The van der Waals surface area contributed by atoms with Crippen molar-refractivity contribution in [3.8, 4) is 0 Å². The van der Waals surface area contributed by atoms with Gasteiger partial charge in [-0.05, 0) is 0 Å². The van der Waals surface area contributed by atoms with E-state index in [0.29, 0.717) is 3.58 Å². The summed E-state index contributed by atoms with van der Waals surface area (Å²) in [5.74, 6) is 0. The van der Waals surface area contributed by atoms with Crippen molar-refractivity contribution in [2.24, 2.45) is 0 Å². The van der Waals surface area contributed by atoms with Crippen LogP contribution in [0.25, 0.3) is 0 Å². The van der Waals surface area contributed by atoms with E-state index < -0.39 is 25.3 Å². The number of hydrogen-bond donors (Lipinski definition) is 1. The SMILES string of the molecule is Nc1cccc[c]1[Sn][C](F)(F)F. The zero-order chi connectivity index (χ0) is 9.19. The standard InChI is InChI=1S/C6H6N.CF3.Sn/c7-6-4-2-1-3-5-6;2-1(3)4;/h1-4H,7H2;;. The number of halogens is 3. The summed E-state index contributed by atoms with van der Waals surface area (Å²) in [4.78, 5) is 0. The molecule has 2 radical (unpaired) electrons. The number of benzene rings is 1. The normalized spacial score (nSPS) is 11.6. The van der Waals surface area contributed by atoms with Gasteiger partial charge < -0.3 is 0 Å². The number of para-hydroxylation sites is 1. The van der Waals surface area contributed by atoms with Crippen molar-refractivity contribution in [2.45, 2.75) is 4.19 Å². The third-order valence-corrected chi connectivity index (χ3v) is 4.11. The predicted molar refractivity (Wildman–Crippen MR) is 42.3 cm³/mol. The summed E-state index contributed by atoms with van der Waals surface area (Å²) >= 11 is -2.51. The van der Waals surface area contributed by atoms with Gasteiger partial charge in [-0.2, -0.15) is 0 Å². The number of anilines is 1. The van der Waals surface area contributed by atoms with Gasteiger partial charge >= 0.3 is 77.8 Å². The van der Waals surface area contributed by atoms with E-state index in [1.54, 1.807) is 12.1 Å². The van der Waals surface area contributed by atoms with Crippen LogP contribution < -0.4 is 9.31 Å². The first-order chi connectivity index (χ1) is 5.49. The van der Waals surface area contributed by atoms with Crippen LogP contribution in [0.2, 0.25) is 0 Å². The Hall–Kier alpha value is -0.391. The molecule has 0 bridgehead atoms. The maximum atomic E-state index is 11.9. The second kappa shape index (κ2) is 3.55. The van der Waals surface area contributed by atoms with E-state index >= 15 is 0 Å². The molecule has 1 rings (SSSR count). The Bertz CT molecular complexity index is 272. The molecule has 1 aromatic rings. The number of rotatable bonds is 1. The third kappa shape index (κ3) is 2.92. The number of alkyl halides is 3. The summed E-state index contributed by atoms with van der Waals surface area (Å²) in [5, 5.41) is 0. The van der Waals surface area contributed by atoms with Crippen LogP contribution in [0.1, 0.15) is 0 Å². The van der Waals surface area contributed by atoms with Crippen LogP contribution in [0.15, 0.2) is 24.3 Å². The number of nitrogens with two attached hydrogens (primary N) is 1. The summed E-state index contributed by atoms with van der Waals surface area (Å²) in [5.41, 5.74) is 5.64. The Morgan fingerprint density at radius 2 is 1.75 bits per heavy atom. The first-order valence-electron chi connectivity index (χ1n) is 3.18. The zero-order valence-corrected chi connectivity index (χ0v) is 8.87. The second-order valence-electron chi connectivity index (χ2n) is 2.21. The van der Waals surface area contributed by atoms with Gasteiger partial charge in [0, 0.05) is 0 Å². The second-order valence-corrected chi connectivity index (χ2v) is 6.08. The summed E-state index contributed by atoms with van der Waals surface area (Å²) < 4.78 is 32.1. The van der Waals surface area contributed by atoms with Crippen molar-refractivity contribution in [1.82, 2.24) is 0 Å². The van der Waals surface area contributed by atoms with Crippen LogP contribution in [0.3, 0.4) is 0 Å². The fourth-order valence-corrected chi connectivity index (χ4v) is 2.80. The quantitative estimate of drug-likeness (QED) is 0.605. The monoisotopic (exact) mass is 281 g/mol. The molecule has 0 unspecified atom stereocenters. The van der Waals surface area contributed by atoms with Gasteiger partial charge in [0.05, 0.1) is 0 Å². The van der Waals surface area contributed by atoms with Crippen LogP contribution in [0, 0.1) is 0 Å². The molecule has 2 N–H and O–H groups in total. The first-order valence-corrected chi connectivity index (χ1v) is 6.04. The van der Waals surface area contributed by atoms with Crippen LogP contribution in [-0.4, -0.2) is 25.3 Å². The molecule has 12 heavy (non-hydrogen) atoms. The van der Waals surface area contributed by atoms with Gasteiger partial charge in [0.2, 0.25) is 0 Å². The molecular formula is C7H6F3NSn.